The van der Waals surface area contributed by atoms with E-state index >= 15 is 0 Å². The zero-order valence-corrected chi connectivity index (χ0v) is 15.4. The fourth-order valence-corrected chi connectivity index (χ4v) is 3.15. The molecular formula is C17H36N4O2. The van der Waals surface area contributed by atoms with Gasteiger partial charge in [0.1, 0.15) is 0 Å². The van der Waals surface area contributed by atoms with Crippen LogP contribution in [0.15, 0.2) is 4.99 Å². The molecule has 1 saturated heterocycles. The molecule has 136 valence electrons. The van der Waals surface area contributed by atoms with Crippen molar-refractivity contribution >= 4 is 5.96 Å². The molecule has 0 aromatic heterocycles. The van der Waals surface area contributed by atoms with E-state index in [0.717, 1.165) is 50.5 Å². The second kappa shape index (κ2) is 12.6. The maximum absolute atomic E-state index is 5.44. The van der Waals surface area contributed by atoms with Gasteiger partial charge < -0.3 is 25.0 Å². The molecule has 2 unspecified atom stereocenters. The van der Waals surface area contributed by atoms with Gasteiger partial charge in [-0.3, -0.25) is 4.99 Å². The maximum atomic E-state index is 5.44. The van der Waals surface area contributed by atoms with Gasteiger partial charge in [0.05, 0.1) is 13.2 Å². The molecule has 1 rings (SSSR count). The van der Waals surface area contributed by atoms with Crippen LogP contribution in [-0.2, 0) is 9.47 Å². The predicted molar refractivity (Wildman–Crippen MR) is 96.1 cm³/mol. The van der Waals surface area contributed by atoms with Crippen molar-refractivity contribution in [1.29, 1.82) is 0 Å². The van der Waals surface area contributed by atoms with Gasteiger partial charge in [-0.25, -0.2) is 0 Å². The van der Waals surface area contributed by atoms with Crippen LogP contribution in [0.25, 0.3) is 0 Å². The Balaban J connectivity index is 2.05. The van der Waals surface area contributed by atoms with Gasteiger partial charge in [-0.1, -0.05) is 13.8 Å². The van der Waals surface area contributed by atoms with Gasteiger partial charge in [-0.15, -0.1) is 0 Å². The van der Waals surface area contributed by atoms with Crippen molar-refractivity contribution in [3.05, 3.63) is 0 Å². The average molecular weight is 329 g/mol. The molecule has 0 aromatic rings. The van der Waals surface area contributed by atoms with Crippen LogP contribution in [-0.4, -0.2) is 77.6 Å². The van der Waals surface area contributed by atoms with Crippen LogP contribution in [0.3, 0.4) is 0 Å². The van der Waals surface area contributed by atoms with Crippen LogP contribution < -0.4 is 10.6 Å². The van der Waals surface area contributed by atoms with Crippen LogP contribution in [0.5, 0.6) is 0 Å². The Morgan fingerprint density at radius 1 is 1.09 bits per heavy atom. The lowest BCUT2D eigenvalue weighted by Gasteiger charge is -2.35. The minimum Gasteiger partial charge on any atom is -0.382 e. The molecule has 1 fully saturated rings. The summed E-state index contributed by atoms with van der Waals surface area (Å²) in [5.74, 6) is 2.50. The SMILES string of the molecule is CN=C(NCCCOCCOC)NCCN1CC(C)CC(C)C1. The molecular weight excluding hydrogens is 292 g/mol. The van der Waals surface area contributed by atoms with Gasteiger partial charge in [-0.05, 0) is 24.7 Å². The number of likely N-dealkylation sites (tertiary alicyclic amines) is 1. The summed E-state index contributed by atoms with van der Waals surface area (Å²) in [6.45, 7) is 12.1. The molecule has 0 spiro atoms. The number of hydrogen-bond acceptors (Lipinski definition) is 4. The number of methoxy groups -OCH3 is 1. The molecule has 1 aliphatic heterocycles. The quantitative estimate of drug-likeness (QED) is 0.358. The zero-order valence-electron chi connectivity index (χ0n) is 15.4. The molecule has 0 bridgehead atoms. The van der Waals surface area contributed by atoms with E-state index < -0.39 is 0 Å². The second-order valence-corrected chi connectivity index (χ2v) is 6.59. The summed E-state index contributed by atoms with van der Waals surface area (Å²) in [6, 6.07) is 0. The normalized spacial score (nSPS) is 23.0. The van der Waals surface area contributed by atoms with Gasteiger partial charge in [0, 0.05) is 53.5 Å². The number of nitrogens with one attached hydrogen (secondary N) is 2. The average Bonchev–Trinajstić information content (AvgIpc) is 2.51. The van der Waals surface area contributed by atoms with Crippen LogP contribution in [0, 0.1) is 11.8 Å². The summed E-state index contributed by atoms with van der Waals surface area (Å²) in [4.78, 5) is 6.82. The molecule has 0 aromatic carbocycles. The Morgan fingerprint density at radius 2 is 1.78 bits per heavy atom. The Labute approximate surface area is 142 Å². The zero-order chi connectivity index (χ0) is 16.9. The third-order valence-corrected chi connectivity index (χ3v) is 4.08. The molecule has 0 saturated carbocycles. The third-order valence-electron chi connectivity index (χ3n) is 4.08. The first-order chi connectivity index (χ1) is 11.2. The van der Waals surface area contributed by atoms with Crippen molar-refractivity contribution in [2.45, 2.75) is 26.7 Å². The van der Waals surface area contributed by atoms with Gasteiger partial charge in [-0.2, -0.15) is 0 Å². The van der Waals surface area contributed by atoms with E-state index in [0.29, 0.717) is 13.2 Å². The van der Waals surface area contributed by atoms with Crippen LogP contribution in [0.4, 0.5) is 0 Å². The predicted octanol–water partition coefficient (Wildman–Crippen LogP) is 1.18. The highest BCUT2D eigenvalue weighted by molar-refractivity contribution is 5.79. The summed E-state index contributed by atoms with van der Waals surface area (Å²) < 4.78 is 10.4. The maximum Gasteiger partial charge on any atom is 0.191 e. The molecule has 1 aliphatic rings. The van der Waals surface area contributed by atoms with Crippen LogP contribution >= 0.6 is 0 Å². The molecule has 2 N–H and O–H groups in total. The summed E-state index contributed by atoms with van der Waals surface area (Å²) in [7, 11) is 3.50. The fourth-order valence-electron chi connectivity index (χ4n) is 3.15. The van der Waals surface area contributed by atoms with E-state index in [1.165, 1.54) is 19.5 Å². The lowest BCUT2D eigenvalue weighted by atomic mass is 9.92. The molecule has 23 heavy (non-hydrogen) atoms. The number of guanidine groups is 1. The van der Waals surface area contributed by atoms with E-state index in [9.17, 15) is 0 Å². The molecule has 2 atom stereocenters. The van der Waals surface area contributed by atoms with Crippen LogP contribution in [0.1, 0.15) is 26.7 Å². The minimum atomic E-state index is 0.657. The number of aliphatic imine (C=N–C) groups is 1. The Hall–Kier alpha value is -0.850. The third kappa shape index (κ3) is 9.79. The van der Waals surface area contributed by atoms with Crippen molar-refractivity contribution < 1.29 is 9.47 Å². The molecule has 0 radical (unpaired) electrons. The highest BCUT2D eigenvalue weighted by atomic mass is 16.5. The van der Waals surface area contributed by atoms with E-state index in [-0.39, 0.29) is 0 Å². The molecule has 6 heteroatoms. The molecule has 0 aliphatic carbocycles. The molecule has 1 heterocycles. The second-order valence-electron chi connectivity index (χ2n) is 6.59. The summed E-state index contributed by atoms with van der Waals surface area (Å²) in [5.41, 5.74) is 0. The largest absolute Gasteiger partial charge is 0.382 e. The van der Waals surface area contributed by atoms with E-state index in [4.69, 9.17) is 9.47 Å². The monoisotopic (exact) mass is 328 g/mol. The number of hydrogen-bond donors (Lipinski definition) is 2. The number of piperidine rings is 1. The van der Waals surface area contributed by atoms with E-state index in [1.807, 2.05) is 7.05 Å². The van der Waals surface area contributed by atoms with E-state index in [2.05, 4.69) is 34.4 Å². The number of nitrogens with zero attached hydrogens (tertiary/aromatic N) is 2. The van der Waals surface area contributed by atoms with Crippen molar-refractivity contribution in [3.8, 4) is 0 Å². The number of ether oxygens (including phenoxy) is 2. The first-order valence-electron chi connectivity index (χ1n) is 8.89. The highest BCUT2D eigenvalue weighted by Crippen LogP contribution is 2.20. The Kier molecular flexibility index (Phi) is 11.0. The van der Waals surface area contributed by atoms with Gasteiger partial charge >= 0.3 is 0 Å². The standard InChI is InChI=1S/C17H36N4O2/c1-15-12-16(2)14-21(13-15)8-7-20-17(18-3)19-6-5-9-23-11-10-22-4/h15-16H,5-14H2,1-4H3,(H2,18,19,20). The Morgan fingerprint density at radius 3 is 2.43 bits per heavy atom. The first kappa shape index (κ1) is 20.2. The molecule has 0 amide bonds. The van der Waals surface area contributed by atoms with Crippen molar-refractivity contribution in [2.75, 3.05) is 66.7 Å². The van der Waals surface area contributed by atoms with E-state index in [1.54, 1.807) is 7.11 Å². The minimum absolute atomic E-state index is 0.657. The van der Waals surface area contributed by atoms with Gasteiger partial charge in [0.25, 0.3) is 0 Å². The smallest absolute Gasteiger partial charge is 0.191 e. The lowest BCUT2D eigenvalue weighted by Crippen LogP contribution is -2.45. The lowest BCUT2D eigenvalue weighted by molar-refractivity contribution is 0.0698. The Bertz CT molecular complexity index is 316. The van der Waals surface area contributed by atoms with Gasteiger partial charge in [0.15, 0.2) is 5.96 Å². The summed E-state index contributed by atoms with van der Waals surface area (Å²) >= 11 is 0. The van der Waals surface area contributed by atoms with Crippen LogP contribution in [0.2, 0.25) is 0 Å². The van der Waals surface area contributed by atoms with Crippen molar-refractivity contribution in [2.24, 2.45) is 16.8 Å². The highest BCUT2D eigenvalue weighted by Gasteiger charge is 2.21. The summed E-state index contributed by atoms with van der Waals surface area (Å²) in [6.07, 6.45) is 2.32. The molecule has 6 nitrogen and oxygen atoms in total. The van der Waals surface area contributed by atoms with Crippen molar-refractivity contribution in [3.63, 3.8) is 0 Å². The summed E-state index contributed by atoms with van der Waals surface area (Å²) in [5, 5.41) is 6.72. The van der Waals surface area contributed by atoms with Gasteiger partial charge in [0.2, 0.25) is 0 Å². The fraction of sp³-hybridized carbons (Fsp3) is 0.941. The topological polar surface area (TPSA) is 58.1 Å². The van der Waals surface area contributed by atoms with Crippen molar-refractivity contribution in [1.82, 2.24) is 15.5 Å². The number of rotatable bonds is 10. The first-order valence-corrected chi connectivity index (χ1v) is 8.89.